The molecule has 0 bridgehead atoms. The predicted octanol–water partition coefficient (Wildman–Crippen LogP) is 5.44. The van der Waals surface area contributed by atoms with Crippen LogP contribution in [0.3, 0.4) is 0 Å². The first kappa shape index (κ1) is 27.2. The summed E-state index contributed by atoms with van der Waals surface area (Å²) in [4.78, 5) is 0. The second-order valence-electron chi connectivity index (χ2n) is 7.60. The summed E-state index contributed by atoms with van der Waals surface area (Å²) in [5, 5.41) is 14.4. The molecule has 4 aromatic rings. The van der Waals surface area contributed by atoms with E-state index in [2.05, 4.69) is 69.2 Å². The van der Waals surface area contributed by atoms with E-state index in [0.29, 0.717) is 37.8 Å². The van der Waals surface area contributed by atoms with Gasteiger partial charge in [0.1, 0.15) is 12.3 Å². The van der Waals surface area contributed by atoms with Gasteiger partial charge in [-0.05, 0) is 64.6 Å². The summed E-state index contributed by atoms with van der Waals surface area (Å²) in [5.41, 5.74) is 6.96. The number of hydrogen-bond acceptors (Lipinski definition) is 5. The average Bonchev–Trinajstić information content (AvgIpc) is 3.52. The largest absolute Gasteiger partial charge is 0.475 e. The second-order valence-corrected chi connectivity index (χ2v) is 9.64. The highest BCUT2D eigenvalue weighted by Crippen LogP contribution is 2.35. The van der Waals surface area contributed by atoms with Gasteiger partial charge in [-0.15, -0.1) is 6.42 Å². The van der Waals surface area contributed by atoms with Crippen LogP contribution in [-0.4, -0.2) is 42.3 Å². The summed E-state index contributed by atoms with van der Waals surface area (Å²) < 4.78 is 17.5. The van der Waals surface area contributed by atoms with Crippen LogP contribution in [0.25, 0.3) is 22.0 Å². The van der Waals surface area contributed by atoms with Crippen LogP contribution in [0.2, 0.25) is 0 Å². The first-order valence-corrected chi connectivity index (χ1v) is 15.6. The van der Waals surface area contributed by atoms with Gasteiger partial charge in [0.25, 0.3) is 0 Å². The Bertz CT molecular complexity index is 1330. The van der Waals surface area contributed by atoms with E-state index in [1.165, 1.54) is 5.56 Å². The van der Waals surface area contributed by atoms with E-state index in [-0.39, 0.29) is 0 Å². The van der Waals surface area contributed by atoms with Gasteiger partial charge >= 0.3 is 0 Å². The molecule has 1 aromatic carbocycles. The minimum atomic E-state index is 0.413. The zero-order valence-corrected chi connectivity index (χ0v) is 24.3. The molecule has 1 unspecified atom stereocenters. The van der Waals surface area contributed by atoms with Gasteiger partial charge in [0.05, 0.1) is 48.3 Å². The molecule has 3 aromatic heterocycles. The molecular formula is C25H32IN6O2P. The van der Waals surface area contributed by atoms with Gasteiger partial charge in [0.2, 0.25) is 5.88 Å². The van der Waals surface area contributed by atoms with E-state index >= 15 is 0 Å². The summed E-state index contributed by atoms with van der Waals surface area (Å²) in [6.45, 7) is 9.58. The maximum Gasteiger partial charge on any atom is 0.219 e. The van der Waals surface area contributed by atoms with Crippen LogP contribution < -0.4 is 4.74 Å². The number of fused-ring (bicyclic) bond motifs is 1. The molecule has 0 saturated heterocycles. The van der Waals surface area contributed by atoms with Gasteiger partial charge in [-0.2, -0.15) is 15.3 Å². The lowest BCUT2D eigenvalue weighted by Gasteiger charge is -2.10. The lowest BCUT2D eigenvalue weighted by Crippen LogP contribution is -2.11. The van der Waals surface area contributed by atoms with Gasteiger partial charge in [0.15, 0.2) is 0 Å². The van der Waals surface area contributed by atoms with Crippen LogP contribution >= 0.6 is 28.4 Å². The van der Waals surface area contributed by atoms with Crippen molar-refractivity contribution in [2.45, 2.75) is 40.7 Å². The summed E-state index contributed by atoms with van der Waals surface area (Å²) in [5.74, 6) is 3.38. The number of halogens is 1. The van der Waals surface area contributed by atoms with E-state index < -0.39 is 0 Å². The van der Waals surface area contributed by atoms with E-state index in [4.69, 9.17) is 15.9 Å². The fourth-order valence-electron chi connectivity index (χ4n) is 3.88. The zero-order chi connectivity index (χ0) is 25.5. The Hall–Kier alpha value is -2.41. The number of benzene rings is 1. The van der Waals surface area contributed by atoms with Crippen molar-refractivity contribution < 1.29 is 9.47 Å². The van der Waals surface area contributed by atoms with Crippen LogP contribution in [0.5, 0.6) is 5.88 Å². The quantitative estimate of drug-likeness (QED) is 0.110. The first-order valence-electron chi connectivity index (χ1n) is 11.6. The Labute approximate surface area is 221 Å². The maximum atomic E-state index is 6.07. The topological polar surface area (TPSA) is 71.9 Å². The molecule has 0 aliphatic rings. The van der Waals surface area contributed by atoms with E-state index in [1.807, 2.05) is 49.3 Å². The van der Waals surface area contributed by atoms with Crippen LogP contribution in [0.1, 0.15) is 43.4 Å². The van der Waals surface area contributed by atoms with Crippen molar-refractivity contribution in [1.82, 2.24) is 29.1 Å². The molecule has 0 fully saturated rings. The minimum absolute atomic E-state index is 0.413. The Morgan fingerprint density at radius 2 is 1.91 bits per heavy atom. The van der Waals surface area contributed by atoms with Crippen LogP contribution in [0, 0.1) is 19.3 Å². The number of hydrogen-bond donors (Lipinski definition) is 0. The normalized spacial score (nSPS) is 11.1. The van der Waals surface area contributed by atoms with E-state index in [1.54, 1.807) is 4.68 Å². The van der Waals surface area contributed by atoms with Crippen LogP contribution in [0.15, 0.2) is 24.4 Å². The Balaban J connectivity index is 0.00000167. The van der Waals surface area contributed by atoms with Crippen molar-refractivity contribution in [1.29, 1.82) is 0 Å². The van der Waals surface area contributed by atoms with Crippen molar-refractivity contribution in [3.05, 3.63) is 47.0 Å². The lowest BCUT2D eigenvalue weighted by molar-refractivity contribution is 0.0822. The van der Waals surface area contributed by atoms with Gasteiger partial charge in [-0.3, -0.25) is 4.68 Å². The van der Waals surface area contributed by atoms with Crippen molar-refractivity contribution in [2.24, 2.45) is 14.1 Å². The fraction of sp³-hybridized carbons (Fsp3) is 0.400. The summed E-state index contributed by atoms with van der Waals surface area (Å²) in [6, 6.07) is 6.15. The molecule has 0 radical (unpaired) electrons. The number of nitrogens with zero attached hydrogens (tertiary/aromatic N) is 6. The number of terminal acetylenes is 1. The maximum absolute atomic E-state index is 6.07. The molecule has 0 saturated carbocycles. The molecule has 0 aliphatic carbocycles. The Morgan fingerprint density at radius 1 is 1.14 bits per heavy atom. The van der Waals surface area contributed by atoms with Gasteiger partial charge < -0.3 is 9.47 Å². The molecule has 0 aliphatic heterocycles. The Kier molecular flexibility index (Phi) is 9.72. The minimum Gasteiger partial charge on any atom is -0.475 e. The highest BCUT2D eigenvalue weighted by Gasteiger charge is 2.16. The standard InChI is InChI=1S/C23H26IN6O2P.C2H6/c1-6-19-15(3)22(28(4)26-19)14-31-10-11-32-23-18(13-25-29(23)5)16-8-9-21-17(12-16)20(7-2)27-30(21)33-24;1-2/h2,8-9,12-13,33H,6,10-11,14H2,1,3-5H3;1-2H3. The molecule has 0 spiro atoms. The first-order chi connectivity index (χ1) is 17.0. The predicted molar refractivity (Wildman–Crippen MR) is 151 cm³/mol. The molecule has 0 amide bonds. The number of rotatable bonds is 9. The molecule has 35 heavy (non-hydrogen) atoms. The van der Waals surface area contributed by atoms with Crippen molar-refractivity contribution in [3.63, 3.8) is 0 Å². The smallest absolute Gasteiger partial charge is 0.219 e. The monoisotopic (exact) mass is 606 g/mol. The SMILES string of the molecule is C#Cc1nn(PI)c2ccc(-c3cnn(C)c3OCCOCc3c(C)c(CC)nn3C)cc12.CC. The molecule has 0 N–H and O–H groups in total. The van der Waals surface area contributed by atoms with Crippen molar-refractivity contribution in [2.75, 3.05) is 13.2 Å². The molecule has 10 heteroatoms. The number of aryl methyl sites for hydroxylation is 3. The zero-order valence-electron chi connectivity index (χ0n) is 21.1. The van der Waals surface area contributed by atoms with Gasteiger partial charge in [0, 0.05) is 19.5 Å². The third-order valence-electron chi connectivity index (χ3n) is 5.66. The van der Waals surface area contributed by atoms with Gasteiger partial charge in [-0.1, -0.05) is 26.8 Å². The number of aromatic nitrogens is 6. The molecule has 1 atom stereocenters. The highest BCUT2D eigenvalue weighted by molar-refractivity contribution is 14.2. The molecule has 4 rings (SSSR count). The van der Waals surface area contributed by atoms with E-state index in [0.717, 1.165) is 39.8 Å². The Morgan fingerprint density at radius 3 is 2.57 bits per heavy atom. The molecule has 3 heterocycles. The summed E-state index contributed by atoms with van der Waals surface area (Å²) >= 11 is 2.30. The highest BCUT2D eigenvalue weighted by atomic mass is 127. The third-order valence-corrected chi connectivity index (χ3v) is 7.53. The lowest BCUT2D eigenvalue weighted by atomic mass is 10.1. The average molecular weight is 606 g/mol. The van der Waals surface area contributed by atoms with Crippen molar-refractivity contribution in [3.8, 4) is 29.4 Å². The summed E-state index contributed by atoms with van der Waals surface area (Å²) in [7, 11) is 3.82. The third kappa shape index (κ3) is 5.71. The fourth-order valence-corrected chi connectivity index (χ4v) is 5.41. The van der Waals surface area contributed by atoms with Crippen LogP contribution in [0.4, 0.5) is 0 Å². The number of ether oxygens (including phenoxy) is 2. The van der Waals surface area contributed by atoms with Crippen molar-refractivity contribution >= 4 is 39.3 Å². The molecule has 186 valence electrons. The van der Waals surface area contributed by atoms with Gasteiger partial charge in [-0.25, -0.2) is 9.13 Å². The van der Waals surface area contributed by atoms with Crippen LogP contribution in [-0.2, 0) is 31.9 Å². The van der Waals surface area contributed by atoms with E-state index in [9.17, 15) is 0 Å². The second kappa shape index (κ2) is 12.5. The molecular weight excluding hydrogens is 574 g/mol. The summed E-state index contributed by atoms with van der Waals surface area (Å²) in [6.07, 6.45) is 8.89. The molecule has 8 nitrogen and oxygen atoms in total.